The molecule has 0 radical (unpaired) electrons. The first-order valence-electron chi connectivity index (χ1n) is 8.38. The quantitative estimate of drug-likeness (QED) is 0.891. The lowest BCUT2D eigenvalue weighted by Crippen LogP contribution is -2.45. The maximum atomic E-state index is 12.8. The zero-order valence-corrected chi connectivity index (χ0v) is 14.7. The van der Waals surface area contributed by atoms with Gasteiger partial charge in [-0.15, -0.1) is 0 Å². The van der Waals surface area contributed by atoms with E-state index in [-0.39, 0.29) is 12.3 Å². The highest BCUT2D eigenvalue weighted by molar-refractivity contribution is 5.97. The number of amides is 1. The molecule has 6 heteroatoms. The largest absolute Gasteiger partial charge is 0.497 e. The van der Waals surface area contributed by atoms with E-state index in [4.69, 9.17) is 9.47 Å². The molecule has 1 fully saturated rings. The number of rotatable bonds is 5. The summed E-state index contributed by atoms with van der Waals surface area (Å²) in [5, 5.41) is 9.77. The van der Waals surface area contributed by atoms with Crippen molar-refractivity contribution in [2.75, 3.05) is 19.1 Å². The minimum absolute atomic E-state index is 0.108. The number of para-hydroxylation sites is 1. The molecule has 1 aliphatic rings. The van der Waals surface area contributed by atoms with E-state index < -0.39 is 17.9 Å². The molecule has 2 aromatic rings. The minimum Gasteiger partial charge on any atom is -0.497 e. The van der Waals surface area contributed by atoms with Gasteiger partial charge >= 0.3 is 5.97 Å². The van der Waals surface area contributed by atoms with Crippen LogP contribution in [0, 0.1) is 5.92 Å². The monoisotopic (exact) mass is 355 g/mol. The van der Waals surface area contributed by atoms with Crippen molar-refractivity contribution in [3.8, 4) is 11.5 Å². The Morgan fingerprint density at radius 2 is 1.77 bits per heavy atom. The van der Waals surface area contributed by atoms with Gasteiger partial charge < -0.3 is 19.5 Å². The molecule has 0 spiro atoms. The van der Waals surface area contributed by atoms with Gasteiger partial charge in [-0.1, -0.05) is 18.2 Å². The number of aliphatic carboxylic acids is 1. The van der Waals surface area contributed by atoms with E-state index in [9.17, 15) is 14.7 Å². The summed E-state index contributed by atoms with van der Waals surface area (Å²) in [4.78, 5) is 26.3. The Kier molecular flexibility index (Phi) is 5.11. The van der Waals surface area contributed by atoms with E-state index in [0.717, 1.165) is 0 Å². The normalized spacial score (nSPS) is 19.9. The first-order valence-corrected chi connectivity index (χ1v) is 8.38. The number of benzene rings is 2. The van der Waals surface area contributed by atoms with E-state index in [1.54, 1.807) is 42.3 Å². The molecular weight excluding hydrogens is 334 g/mol. The van der Waals surface area contributed by atoms with Gasteiger partial charge in [0.2, 0.25) is 5.91 Å². The molecule has 2 aromatic carbocycles. The Balaban J connectivity index is 2.13. The molecule has 26 heavy (non-hydrogen) atoms. The van der Waals surface area contributed by atoms with Gasteiger partial charge in [-0.2, -0.15) is 0 Å². The van der Waals surface area contributed by atoms with Gasteiger partial charge in [-0.05, 0) is 36.8 Å². The van der Waals surface area contributed by atoms with Crippen molar-refractivity contribution < 1.29 is 24.2 Å². The van der Waals surface area contributed by atoms with Crippen LogP contribution in [0.5, 0.6) is 11.5 Å². The van der Waals surface area contributed by atoms with E-state index >= 15 is 0 Å². The number of carbonyl (C=O) groups excluding carboxylic acids is 1. The molecule has 0 aromatic heterocycles. The van der Waals surface area contributed by atoms with Crippen molar-refractivity contribution in [3.63, 3.8) is 0 Å². The Hall–Kier alpha value is -3.02. The smallest absolute Gasteiger partial charge is 0.308 e. The first kappa shape index (κ1) is 17.8. The van der Waals surface area contributed by atoms with Crippen LogP contribution in [0.4, 0.5) is 5.69 Å². The fraction of sp³-hybridized carbons (Fsp3) is 0.300. The predicted molar refractivity (Wildman–Crippen MR) is 96.6 cm³/mol. The fourth-order valence-corrected chi connectivity index (χ4v) is 3.46. The predicted octanol–water partition coefficient (Wildman–Crippen LogP) is 3.27. The Morgan fingerprint density at radius 3 is 2.38 bits per heavy atom. The molecular formula is C20H21NO5. The summed E-state index contributed by atoms with van der Waals surface area (Å²) in [5.41, 5.74) is 1.32. The molecule has 1 N–H and O–H groups in total. The Bertz CT molecular complexity index is 802. The number of carboxylic acid groups (broad SMARTS) is 1. The van der Waals surface area contributed by atoms with Gasteiger partial charge in [0.05, 0.1) is 26.2 Å². The van der Waals surface area contributed by atoms with Crippen LogP contribution in [0.1, 0.15) is 24.4 Å². The second-order valence-corrected chi connectivity index (χ2v) is 6.13. The number of piperidine rings is 1. The van der Waals surface area contributed by atoms with Gasteiger partial charge in [-0.3, -0.25) is 9.59 Å². The van der Waals surface area contributed by atoms with Gasteiger partial charge in [-0.25, -0.2) is 0 Å². The summed E-state index contributed by atoms with van der Waals surface area (Å²) < 4.78 is 10.6. The third kappa shape index (κ3) is 3.22. The molecule has 0 bridgehead atoms. The van der Waals surface area contributed by atoms with Crippen LogP contribution in [-0.4, -0.2) is 31.2 Å². The number of anilines is 1. The van der Waals surface area contributed by atoms with E-state index in [1.165, 1.54) is 7.11 Å². The number of hydrogen-bond acceptors (Lipinski definition) is 4. The highest BCUT2D eigenvalue weighted by Gasteiger charge is 2.42. The molecule has 136 valence electrons. The van der Waals surface area contributed by atoms with Crippen molar-refractivity contribution in [1.82, 2.24) is 0 Å². The van der Waals surface area contributed by atoms with Crippen molar-refractivity contribution in [2.24, 2.45) is 5.92 Å². The number of hydrogen-bond donors (Lipinski definition) is 1. The highest BCUT2D eigenvalue weighted by atomic mass is 16.5. The van der Waals surface area contributed by atoms with Crippen molar-refractivity contribution >= 4 is 17.6 Å². The van der Waals surface area contributed by atoms with Crippen molar-refractivity contribution in [1.29, 1.82) is 0 Å². The van der Waals surface area contributed by atoms with Crippen LogP contribution >= 0.6 is 0 Å². The zero-order valence-electron chi connectivity index (χ0n) is 14.7. The molecule has 1 heterocycles. The van der Waals surface area contributed by atoms with Crippen LogP contribution in [0.25, 0.3) is 0 Å². The molecule has 3 rings (SSSR count). The highest BCUT2D eigenvalue weighted by Crippen LogP contribution is 2.43. The third-order valence-corrected chi connectivity index (χ3v) is 4.72. The lowest BCUT2D eigenvalue weighted by Gasteiger charge is -2.40. The van der Waals surface area contributed by atoms with E-state index in [0.29, 0.717) is 29.2 Å². The molecule has 0 aliphatic carbocycles. The maximum absolute atomic E-state index is 12.8. The van der Waals surface area contributed by atoms with E-state index in [2.05, 4.69) is 0 Å². The van der Waals surface area contributed by atoms with Crippen LogP contribution in [0.15, 0.2) is 48.5 Å². The molecule has 1 amide bonds. The molecule has 1 aliphatic heterocycles. The minimum atomic E-state index is -0.924. The summed E-state index contributed by atoms with van der Waals surface area (Å²) in [5.74, 6) is -0.514. The SMILES string of the molecule is COc1ccc(N2C(=O)CC[C@@H](C(=O)O)[C@@H]2c2ccccc2OC)cc1. The number of methoxy groups -OCH3 is 2. The first-order chi connectivity index (χ1) is 12.6. The zero-order chi connectivity index (χ0) is 18.7. The van der Waals surface area contributed by atoms with Crippen LogP contribution in [0.2, 0.25) is 0 Å². The topological polar surface area (TPSA) is 76.1 Å². The number of ether oxygens (including phenoxy) is 2. The summed E-state index contributed by atoms with van der Waals surface area (Å²) in [6.07, 6.45) is 0.484. The van der Waals surface area contributed by atoms with Gasteiger partial charge in [0.15, 0.2) is 0 Å². The van der Waals surface area contributed by atoms with Gasteiger partial charge in [0, 0.05) is 17.7 Å². The van der Waals surface area contributed by atoms with Crippen LogP contribution in [0.3, 0.4) is 0 Å². The maximum Gasteiger partial charge on any atom is 0.308 e. The second kappa shape index (κ2) is 7.47. The molecule has 0 saturated carbocycles. The standard InChI is InChI=1S/C20H21NO5/c1-25-14-9-7-13(8-10-14)21-18(22)12-11-16(20(23)24)19(21)15-5-3-4-6-17(15)26-2/h3-10,16,19H,11-12H2,1-2H3,(H,23,24)/t16-,19+/m1/s1. The Labute approximate surface area is 152 Å². The number of carbonyl (C=O) groups is 2. The average Bonchev–Trinajstić information content (AvgIpc) is 2.67. The van der Waals surface area contributed by atoms with Crippen molar-refractivity contribution in [3.05, 3.63) is 54.1 Å². The lowest BCUT2D eigenvalue weighted by molar-refractivity contribution is -0.144. The summed E-state index contributed by atoms with van der Waals surface area (Å²) in [7, 11) is 3.11. The second-order valence-electron chi connectivity index (χ2n) is 6.13. The third-order valence-electron chi connectivity index (χ3n) is 4.72. The van der Waals surface area contributed by atoms with E-state index in [1.807, 2.05) is 18.2 Å². The molecule has 1 saturated heterocycles. The summed E-state index contributed by atoms with van der Waals surface area (Å²) in [6.45, 7) is 0. The summed E-state index contributed by atoms with van der Waals surface area (Å²) in [6, 6.07) is 13.6. The summed E-state index contributed by atoms with van der Waals surface area (Å²) >= 11 is 0. The average molecular weight is 355 g/mol. The van der Waals surface area contributed by atoms with Crippen molar-refractivity contribution in [2.45, 2.75) is 18.9 Å². The number of carboxylic acids is 1. The van der Waals surface area contributed by atoms with Gasteiger partial charge in [0.1, 0.15) is 11.5 Å². The lowest BCUT2D eigenvalue weighted by atomic mass is 9.83. The van der Waals surface area contributed by atoms with Crippen LogP contribution < -0.4 is 14.4 Å². The molecule has 0 unspecified atom stereocenters. The number of nitrogens with zero attached hydrogens (tertiary/aromatic N) is 1. The molecule has 6 nitrogen and oxygen atoms in total. The fourth-order valence-electron chi connectivity index (χ4n) is 3.46. The Morgan fingerprint density at radius 1 is 1.08 bits per heavy atom. The molecule has 2 atom stereocenters. The van der Waals surface area contributed by atoms with Crippen LogP contribution in [-0.2, 0) is 9.59 Å². The van der Waals surface area contributed by atoms with Gasteiger partial charge in [0.25, 0.3) is 0 Å².